The van der Waals surface area contributed by atoms with E-state index in [1.165, 1.54) is 0 Å². The summed E-state index contributed by atoms with van der Waals surface area (Å²) >= 11 is 12.0. The van der Waals surface area contributed by atoms with Crippen molar-refractivity contribution in [3.8, 4) is 5.75 Å². The molecule has 4 heteroatoms. The highest BCUT2D eigenvalue weighted by atomic mass is 35.5. The summed E-state index contributed by atoms with van der Waals surface area (Å²) in [6.45, 7) is 0.878. The molecule has 0 atom stereocenters. The molecule has 0 aliphatic rings. The van der Waals surface area contributed by atoms with Crippen molar-refractivity contribution in [3.05, 3.63) is 63.6 Å². The molecule has 0 radical (unpaired) electrons. The van der Waals surface area contributed by atoms with E-state index in [2.05, 4.69) is 0 Å². The Morgan fingerprint density at radius 2 is 1.83 bits per heavy atom. The molecule has 94 valence electrons. The van der Waals surface area contributed by atoms with E-state index in [0.29, 0.717) is 23.2 Å². The second-order valence-electron chi connectivity index (χ2n) is 3.85. The van der Waals surface area contributed by atoms with Gasteiger partial charge in [-0.05, 0) is 23.8 Å². The molecule has 2 N–H and O–H groups in total. The van der Waals surface area contributed by atoms with Gasteiger partial charge in [-0.1, -0.05) is 47.5 Å². The third-order valence-electron chi connectivity index (χ3n) is 2.56. The van der Waals surface area contributed by atoms with E-state index in [-0.39, 0.29) is 0 Å². The molecule has 0 spiro atoms. The highest BCUT2D eigenvalue weighted by Crippen LogP contribution is 2.26. The van der Waals surface area contributed by atoms with Crippen molar-refractivity contribution in [2.45, 2.75) is 13.2 Å². The number of ether oxygens (including phenoxy) is 1. The first-order valence-electron chi connectivity index (χ1n) is 5.55. The molecule has 2 nitrogen and oxygen atoms in total. The summed E-state index contributed by atoms with van der Waals surface area (Å²) in [7, 11) is 0. The zero-order chi connectivity index (χ0) is 13.0. The minimum atomic E-state index is 0.382. The average molecular weight is 282 g/mol. The Morgan fingerprint density at radius 1 is 1.06 bits per heavy atom. The molecule has 0 heterocycles. The summed E-state index contributed by atoms with van der Waals surface area (Å²) in [5, 5.41) is 1.07. The molecule has 2 rings (SSSR count). The quantitative estimate of drug-likeness (QED) is 0.918. The van der Waals surface area contributed by atoms with Gasteiger partial charge in [-0.2, -0.15) is 0 Å². The molecular formula is C14H13Cl2NO. The van der Waals surface area contributed by atoms with Crippen LogP contribution in [0.2, 0.25) is 10.0 Å². The van der Waals surface area contributed by atoms with E-state index in [9.17, 15) is 0 Å². The average Bonchev–Trinajstić information content (AvgIpc) is 2.41. The van der Waals surface area contributed by atoms with Gasteiger partial charge in [-0.3, -0.25) is 0 Å². The zero-order valence-electron chi connectivity index (χ0n) is 9.70. The van der Waals surface area contributed by atoms with Gasteiger partial charge >= 0.3 is 0 Å². The van der Waals surface area contributed by atoms with Crippen molar-refractivity contribution in [2.75, 3.05) is 0 Å². The molecule has 0 saturated heterocycles. The van der Waals surface area contributed by atoms with Crippen LogP contribution in [0.5, 0.6) is 5.75 Å². The van der Waals surface area contributed by atoms with Crippen LogP contribution in [0.4, 0.5) is 0 Å². The molecular weight excluding hydrogens is 269 g/mol. The van der Waals surface area contributed by atoms with Crippen LogP contribution in [0, 0.1) is 0 Å². The Hall–Kier alpha value is -1.22. The summed E-state index contributed by atoms with van der Waals surface area (Å²) < 4.78 is 5.67. The number of halogens is 2. The maximum atomic E-state index is 6.09. The summed E-state index contributed by atoms with van der Waals surface area (Å²) in [6.07, 6.45) is 0. The monoisotopic (exact) mass is 281 g/mol. The lowest BCUT2D eigenvalue weighted by Gasteiger charge is -2.09. The molecule has 0 aliphatic heterocycles. The van der Waals surface area contributed by atoms with E-state index < -0.39 is 0 Å². The third-order valence-corrected chi connectivity index (χ3v) is 3.42. The van der Waals surface area contributed by atoms with Gasteiger partial charge in [0.15, 0.2) is 0 Å². The van der Waals surface area contributed by atoms with Gasteiger partial charge in [0, 0.05) is 12.1 Å². The van der Waals surface area contributed by atoms with Crippen molar-refractivity contribution in [3.63, 3.8) is 0 Å². The molecule has 0 unspecified atom stereocenters. The lowest BCUT2D eigenvalue weighted by atomic mass is 10.2. The molecule has 0 amide bonds. The van der Waals surface area contributed by atoms with E-state index in [4.69, 9.17) is 33.7 Å². The Morgan fingerprint density at radius 3 is 2.61 bits per heavy atom. The van der Waals surface area contributed by atoms with Crippen molar-refractivity contribution in [1.29, 1.82) is 0 Å². The Bertz CT molecular complexity index is 543. The van der Waals surface area contributed by atoms with Crippen LogP contribution in [0.1, 0.15) is 11.1 Å². The summed E-state index contributed by atoms with van der Waals surface area (Å²) in [5.41, 5.74) is 7.47. The van der Waals surface area contributed by atoms with Crippen LogP contribution >= 0.6 is 23.2 Å². The van der Waals surface area contributed by atoms with Gasteiger partial charge in [0.1, 0.15) is 12.4 Å². The summed E-state index contributed by atoms with van der Waals surface area (Å²) in [6, 6.07) is 13.2. The molecule has 0 aliphatic carbocycles. The van der Waals surface area contributed by atoms with Crippen LogP contribution < -0.4 is 10.5 Å². The fourth-order valence-corrected chi connectivity index (χ4v) is 1.96. The number of hydrogen-bond donors (Lipinski definition) is 1. The molecule has 0 saturated carbocycles. The van der Waals surface area contributed by atoms with E-state index in [0.717, 1.165) is 16.9 Å². The van der Waals surface area contributed by atoms with Crippen molar-refractivity contribution < 1.29 is 4.74 Å². The van der Waals surface area contributed by atoms with E-state index >= 15 is 0 Å². The summed E-state index contributed by atoms with van der Waals surface area (Å²) in [4.78, 5) is 0. The van der Waals surface area contributed by atoms with Gasteiger partial charge in [0.2, 0.25) is 0 Å². The smallest absolute Gasteiger partial charge is 0.120 e. The van der Waals surface area contributed by atoms with Crippen molar-refractivity contribution in [2.24, 2.45) is 5.73 Å². The lowest BCUT2D eigenvalue weighted by molar-refractivity contribution is 0.306. The van der Waals surface area contributed by atoms with E-state index in [1.807, 2.05) is 36.4 Å². The minimum Gasteiger partial charge on any atom is -0.489 e. The van der Waals surface area contributed by atoms with Crippen LogP contribution in [0.15, 0.2) is 42.5 Å². The first kappa shape index (κ1) is 13.2. The van der Waals surface area contributed by atoms with E-state index in [1.54, 1.807) is 6.07 Å². The second-order valence-corrected chi connectivity index (χ2v) is 4.64. The maximum absolute atomic E-state index is 6.09. The minimum absolute atomic E-state index is 0.382. The number of rotatable bonds is 4. The summed E-state index contributed by atoms with van der Waals surface area (Å²) in [5.74, 6) is 0.772. The van der Waals surface area contributed by atoms with Crippen LogP contribution in [0.3, 0.4) is 0 Å². The molecule has 2 aromatic carbocycles. The highest BCUT2D eigenvalue weighted by Gasteiger charge is 2.05. The SMILES string of the molecule is NCc1cccc(OCc2cccc(Cl)c2Cl)c1. The molecule has 0 bridgehead atoms. The topological polar surface area (TPSA) is 35.2 Å². The van der Waals surface area contributed by atoms with Gasteiger partial charge in [0.25, 0.3) is 0 Å². The third kappa shape index (κ3) is 3.16. The Labute approximate surface area is 116 Å². The molecule has 2 aromatic rings. The molecule has 0 fully saturated rings. The van der Waals surface area contributed by atoms with Crippen LogP contribution in [0.25, 0.3) is 0 Å². The predicted molar refractivity (Wildman–Crippen MR) is 75.1 cm³/mol. The predicted octanol–water partition coefficient (Wildman–Crippen LogP) is 4.03. The van der Waals surface area contributed by atoms with Gasteiger partial charge < -0.3 is 10.5 Å². The zero-order valence-corrected chi connectivity index (χ0v) is 11.2. The van der Waals surface area contributed by atoms with Gasteiger partial charge in [-0.15, -0.1) is 0 Å². The van der Waals surface area contributed by atoms with Crippen LogP contribution in [-0.2, 0) is 13.2 Å². The van der Waals surface area contributed by atoms with Gasteiger partial charge in [0.05, 0.1) is 10.0 Å². The standard InChI is InChI=1S/C14H13Cl2NO/c15-13-6-2-4-11(14(13)16)9-18-12-5-1-3-10(7-12)8-17/h1-7H,8-9,17H2. The Kier molecular flexibility index (Phi) is 4.48. The Balaban J connectivity index is 2.09. The number of nitrogens with two attached hydrogens (primary N) is 1. The second kappa shape index (κ2) is 6.10. The highest BCUT2D eigenvalue weighted by molar-refractivity contribution is 6.42. The first-order chi connectivity index (χ1) is 8.70. The first-order valence-corrected chi connectivity index (χ1v) is 6.31. The number of hydrogen-bond acceptors (Lipinski definition) is 2. The lowest BCUT2D eigenvalue weighted by Crippen LogP contribution is -1.99. The van der Waals surface area contributed by atoms with Crippen molar-refractivity contribution >= 4 is 23.2 Å². The number of benzene rings is 2. The molecule has 18 heavy (non-hydrogen) atoms. The fraction of sp³-hybridized carbons (Fsp3) is 0.143. The van der Waals surface area contributed by atoms with Crippen LogP contribution in [-0.4, -0.2) is 0 Å². The van der Waals surface area contributed by atoms with Crippen molar-refractivity contribution in [1.82, 2.24) is 0 Å². The van der Waals surface area contributed by atoms with Gasteiger partial charge in [-0.25, -0.2) is 0 Å². The fourth-order valence-electron chi connectivity index (χ4n) is 1.58. The molecule has 0 aromatic heterocycles. The normalized spacial score (nSPS) is 10.4. The maximum Gasteiger partial charge on any atom is 0.120 e. The largest absolute Gasteiger partial charge is 0.489 e.